The third-order valence-corrected chi connectivity index (χ3v) is 5.54. The number of aliphatic hydroxyl groups excluding tert-OH is 1. The van der Waals surface area contributed by atoms with Gasteiger partial charge in [0.25, 0.3) is 0 Å². The van der Waals surface area contributed by atoms with E-state index in [0.29, 0.717) is 11.8 Å². The molecule has 0 spiro atoms. The monoisotopic (exact) mass is 196 g/mol. The van der Waals surface area contributed by atoms with E-state index < -0.39 is 5.60 Å². The molecule has 0 aromatic carbocycles. The van der Waals surface area contributed by atoms with Crippen LogP contribution in [0.25, 0.3) is 0 Å². The lowest BCUT2D eigenvalue weighted by molar-refractivity contribution is -0.150. The van der Waals surface area contributed by atoms with Gasteiger partial charge in [0, 0.05) is 5.41 Å². The summed E-state index contributed by atoms with van der Waals surface area (Å²) in [6.45, 7) is 1.89. The van der Waals surface area contributed by atoms with E-state index >= 15 is 0 Å². The normalized spacial score (nSPS) is 57.6. The molecule has 2 heteroatoms. The first kappa shape index (κ1) is 9.17. The Balaban J connectivity index is 2.08. The average Bonchev–Trinajstić information content (AvgIpc) is 2.71. The maximum atomic E-state index is 10.8. The van der Waals surface area contributed by atoms with Crippen LogP contribution in [0.1, 0.15) is 45.4 Å². The molecule has 80 valence electrons. The molecule has 3 fully saturated rings. The minimum Gasteiger partial charge on any atom is -0.393 e. The van der Waals surface area contributed by atoms with E-state index in [1.54, 1.807) is 0 Å². The van der Waals surface area contributed by atoms with Crippen molar-refractivity contribution in [3.05, 3.63) is 0 Å². The molecular weight excluding hydrogens is 176 g/mol. The van der Waals surface area contributed by atoms with Crippen molar-refractivity contribution < 1.29 is 10.2 Å². The van der Waals surface area contributed by atoms with Crippen molar-refractivity contribution in [2.24, 2.45) is 17.3 Å². The molecule has 0 aromatic heterocycles. The molecule has 3 aliphatic carbocycles. The molecule has 2 N–H and O–H groups in total. The molecule has 3 aliphatic rings. The summed E-state index contributed by atoms with van der Waals surface area (Å²) in [5, 5.41) is 20.8. The van der Waals surface area contributed by atoms with E-state index in [2.05, 4.69) is 0 Å². The molecule has 5 atom stereocenters. The molecule has 5 unspecified atom stereocenters. The highest BCUT2D eigenvalue weighted by molar-refractivity contribution is 5.20. The molecule has 2 nitrogen and oxygen atoms in total. The molecular formula is C12H20O2. The fourth-order valence-electron chi connectivity index (χ4n) is 5.04. The molecule has 0 heterocycles. The summed E-state index contributed by atoms with van der Waals surface area (Å²) in [7, 11) is 0. The first-order chi connectivity index (χ1) is 6.61. The SMILES string of the molecule is CC(O)C12CCCC1(O)C1CCC2C1. The van der Waals surface area contributed by atoms with E-state index in [1.165, 1.54) is 19.3 Å². The van der Waals surface area contributed by atoms with Crippen molar-refractivity contribution in [1.29, 1.82) is 0 Å². The number of hydrogen-bond donors (Lipinski definition) is 2. The van der Waals surface area contributed by atoms with Crippen molar-refractivity contribution in [2.45, 2.75) is 57.2 Å². The lowest BCUT2D eigenvalue weighted by Gasteiger charge is -2.47. The highest BCUT2D eigenvalue weighted by Crippen LogP contribution is 2.69. The predicted molar refractivity (Wildman–Crippen MR) is 53.7 cm³/mol. The van der Waals surface area contributed by atoms with Gasteiger partial charge in [-0.25, -0.2) is 0 Å². The van der Waals surface area contributed by atoms with Gasteiger partial charge in [0.1, 0.15) is 0 Å². The third kappa shape index (κ3) is 0.737. The number of rotatable bonds is 1. The zero-order valence-corrected chi connectivity index (χ0v) is 8.87. The second kappa shape index (κ2) is 2.53. The average molecular weight is 196 g/mol. The van der Waals surface area contributed by atoms with Crippen LogP contribution in [0, 0.1) is 17.3 Å². The zero-order chi connectivity index (χ0) is 9.97. The van der Waals surface area contributed by atoms with Gasteiger partial charge in [-0.2, -0.15) is 0 Å². The molecule has 0 aliphatic heterocycles. The van der Waals surface area contributed by atoms with Gasteiger partial charge in [-0.15, -0.1) is 0 Å². The van der Waals surface area contributed by atoms with Crippen LogP contribution in [0.3, 0.4) is 0 Å². The Hall–Kier alpha value is -0.0800. The Kier molecular flexibility index (Phi) is 1.66. The van der Waals surface area contributed by atoms with Gasteiger partial charge >= 0.3 is 0 Å². The molecule has 3 rings (SSSR count). The third-order valence-electron chi connectivity index (χ3n) is 5.54. The van der Waals surface area contributed by atoms with Crippen LogP contribution in [0.5, 0.6) is 0 Å². The van der Waals surface area contributed by atoms with Crippen LogP contribution < -0.4 is 0 Å². The maximum absolute atomic E-state index is 10.8. The van der Waals surface area contributed by atoms with Gasteiger partial charge in [0.15, 0.2) is 0 Å². The molecule has 0 radical (unpaired) electrons. The van der Waals surface area contributed by atoms with Crippen LogP contribution in [-0.4, -0.2) is 21.9 Å². The van der Waals surface area contributed by atoms with Crippen molar-refractivity contribution in [3.8, 4) is 0 Å². The summed E-state index contributed by atoms with van der Waals surface area (Å²) in [6.07, 6.45) is 6.34. The van der Waals surface area contributed by atoms with Gasteiger partial charge in [-0.1, -0.05) is 0 Å². The Bertz CT molecular complexity index is 263. The molecule has 2 bridgehead atoms. The van der Waals surface area contributed by atoms with E-state index in [4.69, 9.17) is 0 Å². The zero-order valence-electron chi connectivity index (χ0n) is 8.87. The smallest absolute Gasteiger partial charge is 0.0759 e. The van der Waals surface area contributed by atoms with Gasteiger partial charge in [0.2, 0.25) is 0 Å². The number of aliphatic hydroxyl groups is 2. The van der Waals surface area contributed by atoms with Gasteiger partial charge in [0.05, 0.1) is 11.7 Å². The number of fused-ring (bicyclic) bond motifs is 5. The highest BCUT2D eigenvalue weighted by Gasteiger charge is 2.70. The first-order valence-electron chi connectivity index (χ1n) is 6.02. The summed E-state index contributed by atoms with van der Waals surface area (Å²) in [5.74, 6) is 1.09. The van der Waals surface area contributed by atoms with Crippen molar-refractivity contribution in [2.75, 3.05) is 0 Å². The Morgan fingerprint density at radius 2 is 1.93 bits per heavy atom. The van der Waals surface area contributed by atoms with Crippen LogP contribution in [0.2, 0.25) is 0 Å². The second-order valence-electron chi connectivity index (χ2n) is 5.70. The minimum absolute atomic E-state index is 0.129. The quantitative estimate of drug-likeness (QED) is 0.670. The van der Waals surface area contributed by atoms with E-state index in [0.717, 1.165) is 19.3 Å². The Morgan fingerprint density at radius 1 is 1.21 bits per heavy atom. The summed E-state index contributed by atoms with van der Waals surface area (Å²) < 4.78 is 0. The van der Waals surface area contributed by atoms with Crippen molar-refractivity contribution >= 4 is 0 Å². The van der Waals surface area contributed by atoms with Crippen LogP contribution in [0.15, 0.2) is 0 Å². The molecule has 0 saturated heterocycles. The van der Waals surface area contributed by atoms with Crippen molar-refractivity contribution in [1.82, 2.24) is 0 Å². The van der Waals surface area contributed by atoms with Crippen LogP contribution in [-0.2, 0) is 0 Å². The van der Waals surface area contributed by atoms with Gasteiger partial charge in [-0.05, 0) is 57.3 Å². The van der Waals surface area contributed by atoms with Crippen LogP contribution in [0.4, 0.5) is 0 Å². The maximum Gasteiger partial charge on any atom is 0.0759 e. The van der Waals surface area contributed by atoms with Gasteiger partial charge < -0.3 is 10.2 Å². The largest absolute Gasteiger partial charge is 0.393 e. The lowest BCUT2D eigenvalue weighted by atomic mass is 9.62. The van der Waals surface area contributed by atoms with E-state index in [-0.39, 0.29) is 11.5 Å². The minimum atomic E-state index is -0.510. The summed E-state index contributed by atoms with van der Waals surface area (Å²) >= 11 is 0. The Morgan fingerprint density at radius 3 is 2.57 bits per heavy atom. The van der Waals surface area contributed by atoms with Crippen molar-refractivity contribution in [3.63, 3.8) is 0 Å². The predicted octanol–water partition coefficient (Wildman–Crippen LogP) is 1.70. The summed E-state index contributed by atoms with van der Waals surface area (Å²) in [6, 6.07) is 0. The molecule has 0 amide bonds. The fraction of sp³-hybridized carbons (Fsp3) is 1.00. The van der Waals surface area contributed by atoms with E-state index in [9.17, 15) is 10.2 Å². The highest BCUT2D eigenvalue weighted by atomic mass is 16.3. The standard InChI is InChI=1S/C12H20O2/c1-8(13)11-5-2-6-12(11,14)10-4-3-9(11)7-10/h8-10,13-14H,2-7H2,1H3. The Labute approximate surface area is 85.3 Å². The fourth-order valence-corrected chi connectivity index (χ4v) is 5.04. The van der Waals surface area contributed by atoms with E-state index in [1.807, 2.05) is 6.92 Å². The molecule has 14 heavy (non-hydrogen) atoms. The summed E-state index contributed by atoms with van der Waals surface area (Å²) in [5.41, 5.74) is -0.639. The lowest BCUT2D eigenvalue weighted by Crippen LogP contribution is -2.54. The van der Waals surface area contributed by atoms with Crippen LogP contribution >= 0.6 is 0 Å². The number of hydrogen-bond acceptors (Lipinski definition) is 2. The van der Waals surface area contributed by atoms with Gasteiger partial charge in [-0.3, -0.25) is 0 Å². The first-order valence-corrected chi connectivity index (χ1v) is 6.02. The summed E-state index contributed by atoms with van der Waals surface area (Å²) in [4.78, 5) is 0. The molecule has 3 saturated carbocycles. The topological polar surface area (TPSA) is 40.5 Å². The second-order valence-corrected chi connectivity index (χ2v) is 5.70. The molecule has 0 aromatic rings.